The minimum absolute atomic E-state index is 0. The van der Waals surface area contributed by atoms with Crippen LogP contribution in [0.25, 0.3) is 10.9 Å². The maximum absolute atomic E-state index is 12.6. The lowest BCUT2D eigenvalue weighted by Gasteiger charge is -2.16. The fourth-order valence-corrected chi connectivity index (χ4v) is 3.42. The average Bonchev–Trinajstić information content (AvgIpc) is 3.18. The van der Waals surface area contributed by atoms with E-state index in [0.717, 1.165) is 10.9 Å². The number of fused-ring (bicyclic) bond motifs is 1. The molecule has 25 heavy (non-hydrogen) atoms. The van der Waals surface area contributed by atoms with Gasteiger partial charge >= 0.3 is 0 Å². The molecule has 5 nitrogen and oxygen atoms in total. The highest BCUT2D eigenvalue weighted by Gasteiger charge is 2.33. The first-order chi connectivity index (χ1) is 11.7. The Morgan fingerprint density at radius 3 is 2.56 bits per heavy atom. The molecule has 2 atom stereocenters. The van der Waals surface area contributed by atoms with Crippen molar-refractivity contribution in [1.29, 1.82) is 0 Å². The van der Waals surface area contributed by atoms with Gasteiger partial charge in [0, 0.05) is 36.6 Å². The molecule has 1 saturated heterocycles. The fourth-order valence-electron chi connectivity index (χ4n) is 3.42. The van der Waals surface area contributed by atoms with E-state index in [4.69, 9.17) is 5.73 Å². The number of rotatable bonds is 3. The maximum Gasteiger partial charge on any atom is 0.244 e. The van der Waals surface area contributed by atoms with E-state index < -0.39 is 0 Å². The van der Waals surface area contributed by atoms with Crippen LogP contribution >= 0.6 is 12.4 Å². The molecule has 0 unspecified atom stereocenters. The van der Waals surface area contributed by atoms with Crippen LogP contribution in [0.5, 0.6) is 0 Å². The van der Waals surface area contributed by atoms with Gasteiger partial charge in [-0.15, -0.1) is 12.4 Å². The van der Waals surface area contributed by atoms with Crippen LogP contribution in [-0.4, -0.2) is 39.7 Å². The first-order valence-corrected chi connectivity index (χ1v) is 8.21. The van der Waals surface area contributed by atoms with E-state index in [1.807, 2.05) is 53.6 Å². The van der Waals surface area contributed by atoms with Gasteiger partial charge in [0.05, 0.1) is 5.52 Å². The first-order valence-electron chi connectivity index (χ1n) is 8.21. The Hall–Kier alpha value is -2.37. The van der Waals surface area contributed by atoms with E-state index >= 15 is 0 Å². The molecule has 2 aromatic carbocycles. The maximum atomic E-state index is 12.6. The van der Waals surface area contributed by atoms with Crippen LogP contribution in [0.1, 0.15) is 11.5 Å². The fraction of sp³-hybridized carbons (Fsp3) is 0.263. The second kappa shape index (κ2) is 7.25. The molecular weight excluding hydrogens is 336 g/mol. The average molecular weight is 357 g/mol. The Labute approximate surface area is 152 Å². The summed E-state index contributed by atoms with van der Waals surface area (Å²) in [6.07, 6.45) is 1.91. The van der Waals surface area contributed by atoms with Crippen LogP contribution in [0.15, 0.2) is 60.8 Å². The SMILES string of the molecule is Cl.N[C@@H]1CN(C(=O)Cn2cc3ccccc3n2)C[C@H]1c1ccccc1. The van der Waals surface area contributed by atoms with Gasteiger partial charge in [-0.25, -0.2) is 0 Å². The van der Waals surface area contributed by atoms with Crippen molar-refractivity contribution in [3.63, 3.8) is 0 Å². The lowest BCUT2D eigenvalue weighted by molar-refractivity contribution is -0.131. The molecule has 2 N–H and O–H groups in total. The molecule has 6 heteroatoms. The number of carbonyl (C=O) groups is 1. The number of halogens is 1. The molecule has 2 heterocycles. The number of likely N-dealkylation sites (tertiary alicyclic amines) is 1. The number of benzene rings is 2. The summed E-state index contributed by atoms with van der Waals surface area (Å²) in [6, 6.07) is 18.0. The second-order valence-corrected chi connectivity index (χ2v) is 6.37. The molecule has 1 amide bonds. The van der Waals surface area contributed by atoms with Crippen molar-refractivity contribution < 1.29 is 4.79 Å². The van der Waals surface area contributed by atoms with E-state index in [0.29, 0.717) is 13.1 Å². The van der Waals surface area contributed by atoms with E-state index in [-0.39, 0.29) is 36.8 Å². The molecule has 130 valence electrons. The topological polar surface area (TPSA) is 64.2 Å². The van der Waals surface area contributed by atoms with Gasteiger partial charge in [-0.3, -0.25) is 9.48 Å². The number of amides is 1. The largest absolute Gasteiger partial charge is 0.339 e. The number of aromatic nitrogens is 2. The molecular formula is C19H21ClN4O. The van der Waals surface area contributed by atoms with E-state index in [2.05, 4.69) is 17.2 Å². The lowest BCUT2D eigenvalue weighted by Crippen LogP contribution is -2.34. The zero-order valence-corrected chi connectivity index (χ0v) is 14.6. The van der Waals surface area contributed by atoms with Crippen molar-refractivity contribution in [2.24, 2.45) is 5.73 Å². The van der Waals surface area contributed by atoms with Crippen LogP contribution in [-0.2, 0) is 11.3 Å². The van der Waals surface area contributed by atoms with Gasteiger partial charge < -0.3 is 10.6 Å². The zero-order valence-electron chi connectivity index (χ0n) is 13.8. The van der Waals surface area contributed by atoms with Crippen molar-refractivity contribution in [2.45, 2.75) is 18.5 Å². The summed E-state index contributed by atoms with van der Waals surface area (Å²) in [4.78, 5) is 14.5. The van der Waals surface area contributed by atoms with Gasteiger partial charge in [0.25, 0.3) is 0 Å². The first kappa shape index (κ1) is 17.5. The Bertz CT molecular complexity index is 831. The molecule has 0 bridgehead atoms. The number of nitrogens with two attached hydrogens (primary N) is 1. The van der Waals surface area contributed by atoms with Crippen molar-refractivity contribution in [3.05, 3.63) is 66.4 Å². The van der Waals surface area contributed by atoms with Gasteiger partial charge in [0.15, 0.2) is 0 Å². The summed E-state index contributed by atoms with van der Waals surface area (Å²) in [5.41, 5.74) is 8.38. The van der Waals surface area contributed by atoms with Crippen LogP contribution in [0.4, 0.5) is 0 Å². The van der Waals surface area contributed by atoms with Crippen LogP contribution < -0.4 is 5.73 Å². The van der Waals surface area contributed by atoms with Gasteiger partial charge in [-0.05, 0) is 11.6 Å². The van der Waals surface area contributed by atoms with Crippen LogP contribution in [0.3, 0.4) is 0 Å². The predicted octanol–water partition coefficient (Wildman–Crippen LogP) is 2.41. The number of hydrogen-bond acceptors (Lipinski definition) is 3. The Kier molecular flexibility index (Phi) is 5.06. The summed E-state index contributed by atoms with van der Waals surface area (Å²) in [5, 5.41) is 5.51. The summed E-state index contributed by atoms with van der Waals surface area (Å²) < 4.78 is 1.72. The van der Waals surface area contributed by atoms with Crippen molar-refractivity contribution >= 4 is 29.2 Å². The Balaban J connectivity index is 0.00000182. The minimum atomic E-state index is -0.0203. The monoisotopic (exact) mass is 356 g/mol. The van der Waals surface area contributed by atoms with E-state index in [1.165, 1.54) is 5.56 Å². The van der Waals surface area contributed by atoms with E-state index in [1.54, 1.807) is 4.68 Å². The smallest absolute Gasteiger partial charge is 0.244 e. The third kappa shape index (κ3) is 3.52. The predicted molar refractivity (Wildman–Crippen MR) is 101 cm³/mol. The number of nitrogens with zero attached hydrogens (tertiary/aromatic N) is 3. The third-order valence-electron chi connectivity index (χ3n) is 4.70. The van der Waals surface area contributed by atoms with Gasteiger partial charge in [0.2, 0.25) is 5.91 Å². The Morgan fingerprint density at radius 1 is 1.08 bits per heavy atom. The molecule has 0 radical (unpaired) electrons. The normalized spacial score (nSPS) is 19.8. The molecule has 0 saturated carbocycles. The molecule has 1 aromatic heterocycles. The van der Waals surface area contributed by atoms with Crippen molar-refractivity contribution in [3.8, 4) is 0 Å². The lowest BCUT2D eigenvalue weighted by atomic mass is 9.95. The number of carbonyl (C=O) groups excluding carboxylic acids is 1. The quantitative estimate of drug-likeness (QED) is 0.783. The molecule has 1 aliphatic heterocycles. The molecule has 0 aliphatic carbocycles. The Morgan fingerprint density at radius 2 is 1.80 bits per heavy atom. The van der Waals surface area contributed by atoms with Gasteiger partial charge in [0.1, 0.15) is 6.54 Å². The van der Waals surface area contributed by atoms with Crippen LogP contribution in [0, 0.1) is 0 Å². The zero-order chi connectivity index (χ0) is 16.5. The minimum Gasteiger partial charge on any atom is -0.339 e. The van der Waals surface area contributed by atoms with Gasteiger partial charge in [-0.2, -0.15) is 5.10 Å². The molecule has 0 spiro atoms. The third-order valence-corrected chi connectivity index (χ3v) is 4.70. The van der Waals surface area contributed by atoms with Crippen molar-refractivity contribution in [2.75, 3.05) is 13.1 Å². The molecule has 3 aromatic rings. The molecule has 4 rings (SSSR count). The highest BCUT2D eigenvalue weighted by molar-refractivity contribution is 5.85. The number of hydrogen-bond donors (Lipinski definition) is 1. The van der Waals surface area contributed by atoms with Gasteiger partial charge in [-0.1, -0.05) is 48.5 Å². The second-order valence-electron chi connectivity index (χ2n) is 6.37. The van der Waals surface area contributed by atoms with Crippen LogP contribution in [0.2, 0.25) is 0 Å². The highest BCUT2D eigenvalue weighted by Crippen LogP contribution is 2.26. The summed E-state index contributed by atoms with van der Waals surface area (Å²) >= 11 is 0. The van der Waals surface area contributed by atoms with Crippen molar-refractivity contribution in [1.82, 2.24) is 14.7 Å². The standard InChI is InChI=1S/C19H20N4O.ClH/c20-17-12-22(11-16(17)14-6-2-1-3-7-14)19(24)13-23-10-15-8-4-5-9-18(15)21-23;/h1-10,16-17H,11-13,20H2;1H/t16-,17+;/m0./s1. The van der Waals surface area contributed by atoms with E-state index in [9.17, 15) is 4.79 Å². The highest BCUT2D eigenvalue weighted by atomic mass is 35.5. The molecule has 1 fully saturated rings. The summed E-state index contributed by atoms with van der Waals surface area (Å²) in [7, 11) is 0. The summed E-state index contributed by atoms with van der Waals surface area (Å²) in [6.45, 7) is 1.52. The molecule has 1 aliphatic rings. The summed E-state index contributed by atoms with van der Waals surface area (Å²) in [5.74, 6) is 0.267.